The zero-order valence-corrected chi connectivity index (χ0v) is 17.2. The number of alkyl halides is 2. The van der Waals surface area contributed by atoms with Gasteiger partial charge in [0.05, 0.1) is 16.9 Å². The number of ether oxygens (including phenoxy) is 1. The number of pyridine rings is 1. The Morgan fingerprint density at radius 1 is 1.23 bits per heavy atom. The summed E-state index contributed by atoms with van der Waals surface area (Å²) in [6, 6.07) is 5.85. The molecule has 0 aliphatic heterocycles. The summed E-state index contributed by atoms with van der Waals surface area (Å²) < 4.78 is 66.4. The number of nitrogens with zero attached hydrogens (tertiary/aromatic N) is 2. The third-order valence-electron chi connectivity index (χ3n) is 4.01. The van der Waals surface area contributed by atoms with Crippen LogP contribution >= 0.6 is 11.6 Å². The van der Waals surface area contributed by atoms with Crippen LogP contribution in [0, 0.1) is 12.7 Å². The maximum Gasteiger partial charge on any atom is 0.387 e. The number of hydrogen-bond acceptors (Lipinski definition) is 6. The van der Waals surface area contributed by atoms with E-state index in [9.17, 15) is 21.6 Å². The van der Waals surface area contributed by atoms with Crippen LogP contribution in [0.5, 0.6) is 5.75 Å². The van der Waals surface area contributed by atoms with Gasteiger partial charge in [0.25, 0.3) is 0 Å². The van der Waals surface area contributed by atoms with Crippen LogP contribution in [0.4, 0.5) is 19.0 Å². The van der Waals surface area contributed by atoms with Crippen molar-refractivity contribution < 1.29 is 26.3 Å². The molecular weight excluding hydrogens is 445 g/mol. The molecule has 0 saturated carbocycles. The maximum atomic E-state index is 13.6. The molecule has 3 aromatic rings. The average molecular weight is 461 g/mol. The lowest BCUT2D eigenvalue weighted by Crippen LogP contribution is -2.15. The molecule has 2 heterocycles. The number of anilines is 1. The zero-order chi connectivity index (χ0) is 22.1. The minimum absolute atomic E-state index is 0.133. The fourth-order valence-corrected chi connectivity index (χ4v) is 3.81. The van der Waals surface area contributed by atoms with E-state index >= 15 is 0 Å². The van der Waals surface area contributed by atoms with Crippen molar-refractivity contribution in [1.29, 1.82) is 0 Å². The Morgan fingerprint density at radius 2 is 1.97 bits per heavy atom. The number of H-pyrrole nitrogens is 1. The molecule has 2 N–H and O–H groups in total. The van der Waals surface area contributed by atoms with E-state index in [4.69, 9.17) is 11.6 Å². The molecule has 0 fully saturated rings. The highest BCUT2D eigenvalue weighted by Gasteiger charge is 2.24. The molecule has 0 amide bonds. The van der Waals surface area contributed by atoms with Crippen LogP contribution in [-0.2, 0) is 9.84 Å². The third kappa shape index (κ3) is 5.03. The number of aromatic nitrogens is 3. The maximum absolute atomic E-state index is 13.6. The number of sulfone groups is 1. The molecule has 0 aliphatic rings. The topological polar surface area (TPSA) is 97.0 Å². The fraction of sp³-hybridized carbons (Fsp3) is 0.222. The van der Waals surface area contributed by atoms with Crippen LogP contribution in [0.1, 0.15) is 23.1 Å². The van der Waals surface area contributed by atoms with Crippen molar-refractivity contribution in [2.75, 3.05) is 11.6 Å². The lowest BCUT2D eigenvalue weighted by Gasteiger charge is -2.18. The van der Waals surface area contributed by atoms with Crippen LogP contribution in [0.15, 0.2) is 41.6 Å². The van der Waals surface area contributed by atoms with Gasteiger partial charge >= 0.3 is 6.61 Å². The van der Waals surface area contributed by atoms with Crippen molar-refractivity contribution in [3.8, 4) is 5.75 Å². The molecule has 3 rings (SSSR count). The number of benzene rings is 1. The number of hydrogen-bond donors (Lipinski definition) is 2. The Hall–Kier alpha value is -2.79. The smallest absolute Gasteiger partial charge is 0.387 e. The van der Waals surface area contributed by atoms with E-state index in [1.54, 1.807) is 6.92 Å². The molecule has 2 aromatic heterocycles. The van der Waals surface area contributed by atoms with Gasteiger partial charge in [-0.15, -0.1) is 0 Å². The minimum atomic E-state index is -3.59. The van der Waals surface area contributed by atoms with Gasteiger partial charge in [-0.05, 0) is 36.8 Å². The first kappa shape index (κ1) is 21.9. The molecule has 160 valence electrons. The predicted octanol–water partition coefficient (Wildman–Crippen LogP) is 4.11. The quantitative estimate of drug-likeness (QED) is 0.550. The Morgan fingerprint density at radius 3 is 2.50 bits per heavy atom. The molecule has 1 aromatic carbocycles. The largest absolute Gasteiger partial charge is 0.433 e. The first-order valence-corrected chi connectivity index (χ1v) is 10.7. The van der Waals surface area contributed by atoms with E-state index in [-0.39, 0.29) is 27.4 Å². The van der Waals surface area contributed by atoms with Gasteiger partial charge in [0, 0.05) is 6.26 Å². The van der Waals surface area contributed by atoms with Crippen molar-refractivity contribution in [3.63, 3.8) is 0 Å². The van der Waals surface area contributed by atoms with Gasteiger partial charge in [0.2, 0.25) is 0 Å². The van der Waals surface area contributed by atoms with Gasteiger partial charge in [-0.25, -0.2) is 22.8 Å². The third-order valence-corrected chi connectivity index (χ3v) is 5.40. The molecule has 0 spiro atoms. The SMILES string of the molecule is Cc1[nH]c(C(Nc2ccc(OC(F)F)cn2)c2ccc(F)c(Cl)c2)nc1S(C)(=O)=O. The Bertz CT molecular complexity index is 1150. The van der Waals surface area contributed by atoms with Crippen LogP contribution in [-0.4, -0.2) is 36.2 Å². The summed E-state index contributed by atoms with van der Waals surface area (Å²) in [7, 11) is -3.59. The molecule has 0 aliphatic carbocycles. The molecule has 12 heteroatoms. The summed E-state index contributed by atoms with van der Waals surface area (Å²) in [5.74, 6) is -0.300. The van der Waals surface area contributed by atoms with Gasteiger partial charge in [-0.1, -0.05) is 17.7 Å². The van der Waals surface area contributed by atoms with E-state index in [0.717, 1.165) is 18.5 Å². The summed E-state index contributed by atoms with van der Waals surface area (Å²) >= 11 is 5.89. The number of halogens is 4. The second-order valence-corrected chi connectivity index (χ2v) is 8.67. The van der Waals surface area contributed by atoms with E-state index in [1.807, 2.05) is 0 Å². The Balaban J connectivity index is 2.01. The van der Waals surface area contributed by atoms with E-state index < -0.39 is 28.3 Å². The monoisotopic (exact) mass is 460 g/mol. The molecular formula is C18H16ClF3N4O3S. The molecule has 1 atom stereocenters. The van der Waals surface area contributed by atoms with Crippen LogP contribution < -0.4 is 10.1 Å². The summed E-state index contributed by atoms with van der Waals surface area (Å²) in [4.78, 5) is 11.1. The standard InChI is InChI=1S/C18H16ClF3N4O3S/c1-9-17(30(2,27)28)26-16(24-9)15(10-3-5-13(20)12(19)7-10)25-14-6-4-11(8-23-14)29-18(21)22/h3-8,15,18H,1-2H3,(H,23,25)(H,24,26). The van der Waals surface area contributed by atoms with Crippen LogP contribution in [0.3, 0.4) is 0 Å². The molecule has 7 nitrogen and oxygen atoms in total. The van der Waals surface area contributed by atoms with Crippen LogP contribution in [0.2, 0.25) is 5.02 Å². The second-order valence-electron chi connectivity index (χ2n) is 6.33. The second kappa shape index (κ2) is 8.52. The summed E-state index contributed by atoms with van der Waals surface area (Å²) in [6.45, 7) is -1.43. The van der Waals surface area contributed by atoms with Gasteiger partial charge in [0.15, 0.2) is 14.9 Å². The van der Waals surface area contributed by atoms with Crippen LogP contribution in [0.25, 0.3) is 0 Å². The first-order chi connectivity index (χ1) is 14.0. The van der Waals surface area contributed by atoms with Crippen molar-refractivity contribution in [1.82, 2.24) is 15.0 Å². The lowest BCUT2D eigenvalue weighted by atomic mass is 10.1. The van der Waals surface area contributed by atoms with E-state index in [0.29, 0.717) is 11.3 Å². The molecule has 0 bridgehead atoms. The number of rotatable bonds is 7. The zero-order valence-electron chi connectivity index (χ0n) is 15.7. The van der Waals surface area contributed by atoms with Crippen molar-refractivity contribution in [3.05, 3.63) is 64.5 Å². The van der Waals surface area contributed by atoms with E-state index in [1.165, 1.54) is 24.3 Å². The Kier molecular flexibility index (Phi) is 6.22. The molecule has 0 saturated heterocycles. The first-order valence-electron chi connectivity index (χ1n) is 8.43. The molecule has 0 radical (unpaired) electrons. The number of nitrogens with one attached hydrogen (secondary N) is 2. The van der Waals surface area contributed by atoms with Crippen molar-refractivity contribution in [2.24, 2.45) is 0 Å². The normalized spacial score (nSPS) is 12.8. The van der Waals surface area contributed by atoms with Crippen molar-refractivity contribution in [2.45, 2.75) is 24.6 Å². The molecule has 1 unspecified atom stereocenters. The lowest BCUT2D eigenvalue weighted by molar-refractivity contribution is -0.0500. The Labute approximate surface area is 175 Å². The van der Waals surface area contributed by atoms with E-state index in [2.05, 4.69) is 25.0 Å². The van der Waals surface area contributed by atoms with Crippen molar-refractivity contribution >= 4 is 27.3 Å². The van der Waals surface area contributed by atoms with Gasteiger partial charge < -0.3 is 15.0 Å². The van der Waals surface area contributed by atoms with Gasteiger partial charge in [0.1, 0.15) is 29.3 Å². The highest BCUT2D eigenvalue weighted by atomic mass is 35.5. The summed E-state index contributed by atoms with van der Waals surface area (Å²) in [6.07, 6.45) is 2.12. The number of imidazole rings is 1. The minimum Gasteiger partial charge on any atom is -0.433 e. The average Bonchev–Trinajstić information content (AvgIpc) is 3.05. The van der Waals surface area contributed by atoms with Gasteiger partial charge in [-0.3, -0.25) is 0 Å². The molecule has 30 heavy (non-hydrogen) atoms. The highest BCUT2D eigenvalue weighted by Crippen LogP contribution is 2.29. The highest BCUT2D eigenvalue weighted by molar-refractivity contribution is 7.90. The summed E-state index contributed by atoms with van der Waals surface area (Å²) in [5, 5.41) is 2.73. The summed E-state index contributed by atoms with van der Waals surface area (Å²) in [5.41, 5.74) is 0.783. The number of aromatic amines is 1. The fourth-order valence-electron chi connectivity index (χ4n) is 2.75. The number of aryl methyl sites for hydroxylation is 1. The predicted molar refractivity (Wildman–Crippen MR) is 104 cm³/mol. The van der Waals surface area contributed by atoms with Gasteiger partial charge in [-0.2, -0.15) is 8.78 Å².